The Morgan fingerprint density at radius 2 is 2.23 bits per heavy atom. The summed E-state index contributed by atoms with van der Waals surface area (Å²) >= 11 is 1.56. The summed E-state index contributed by atoms with van der Waals surface area (Å²) < 4.78 is 23.0. The lowest BCUT2D eigenvalue weighted by atomic mass is 10.1. The molecule has 1 aliphatic rings. The van der Waals surface area contributed by atoms with Crippen LogP contribution < -0.4 is 5.73 Å². The van der Waals surface area contributed by atoms with Gasteiger partial charge in [-0.25, -0.2) is 18.4 Å². The lowest BCUT2D eigenvalue weighted by molar-refractivity contribution is 0.570. The fraction of sp³-hybridized carbons (Fsp3) is 0.615. The van der Waals surface area contributed by atoms with Crippen molar-refractivity contribution >= 4 is 21.2 Å². The van der Waals surface area contributed by atoms with Gasteiger partial charge in [0, 0.05) is 12.8 Å². The summed E-state index contributed by atoms with van der Waals surface area (Å²) in [7, 11) is -2.85. The van der Waals surface area contributed by atoms with Crippen molar-refractivity contribution in [3.05, 3.63) is 16.5 Å². The molecule has 1 atom stereocenters. The summed E-state index contributed by atoms with van der Waals surface area (Å²) in [5.41, 5.74) is 6.46. The number of nitrogens with one attached hydrogen (secondary N) is 1. The van der Waals surface area contributed by atoms with Crippen LogP contribution in [0, 0.1) is 12.8 Å². The maximum Gasteiger partial charge on any atom is 0.193 e. The van der Waals surface area contributed by atoms with Gasteiger partial charge < -0.3 is 5.73 Å². The van der Waals surface area contributed by atoms with E-state index in [-0.39, 0.29) is 17.4 Å². The fourth-order valence-electron chi connectivity index (χ4n) is 2.68. The summed E-state index contributed by atoms with van der Waals surface area (Å²) in [6.45, 7) is 2.51. The molecule has 0 spiro atoms. The summed E-state index contributed by atoms with van der Waals surface area (Å²) in [5, 5.41) is 8.17. The smallest absolute Gasteiger partial charge is 0.193 e. The van der Waals surface area contributed by atoms with Crippen LogP contribution in [0.25, 0.3) is 10.7 Å². The van der Waals surface area contributed by atoms with Gasteiger partial charge in [0.15, 0.2) is 15.7 Å². The molecule has 0 aromatic carbocycles. The van der Waals surface area contributed by atoms with Crippen molar-refractivity contribution in [1.29, 1.82) is 0 Å². The molecule has 7 nitrogen and oxygen atoms in total. The van der Waals surface area contributed by atoms with E-state index < -0.39 is 9.84 Å². The van der Waals surface area contributed by atoms with Gasteiger partial charge in [0.1, 0.15) is 5.82 Å². The molecule has 3 heterocycles. The quantitative estimate of drug-likeness (QED) is 0.828. The zero-order valence-electron chi connectivity index (χ0n) is 12.4. The van der Waals surface area contributed by atoms with Gasteiger partial charge in [0.05, 0.1) is 27.1 Å². The van der Waals surface area contributed by atoms with Gasteiger partial charge in [-0.15, -0.1) is 11.3 Å². The SMILES string of the molecule is Cc1nc(CCN)sc1-c1n[nH]c(CC2CCS(=O)(=O)C2)n1. The van der Waals surface area contributed by atoms with Gasteiger partial charge in [0.25, 0.3) is 0 Å². The first-order valence-electron chi connectivity index (χ1n) is 7.25. The molecule has 0 saturated carbocycles. The Hall–Kier alpha value is -1.32. The Bertz CT molecular complexity index is 765. The van der Waals surface area contributed by atoms with Crippen molar-refractivity contribution < 1.29 is 8.42 Å². The van der Waals surface area contributed by atoms with Crippen LogP contribution in [-0.4, -0.2) is 46.6 Å². The van der Waals surface area contributed by atoms with Crippen LogP contribution in [0.2, 0.25) is 0 Å². The van der Waals surface area contributed by atoms with Gasteiger partial charge in [-0.3, -0.25) is 5.10 Å². The molecule has 0 amide bonds. The Balaban J connectivity index is 1.74. The summed E-state index contributed by atoms with van der Waals surface area (Å²) in [6.07, 6.45) is 2.08. The molecule has 1 saturated heterocycles. The molecular weight excluding hydrogens is 322 g/mol. The van der Waals surface area contributed by atoms with Gasteiger partial charge >= 0.3 is 0 Å². The van der Waals surface area contributed by atoms with E-state index in [0.29, 0.717) is 25.2 Å². The minimum Gasteiger partial charge on any atom is -0.330 e. The number of H-pyrrole nitrogens is 1. The Morgan fingerprint density at radius 1 is 1.41 bits per heavy atom. The summed E-state index contributed by atoms with van der Waals surface area (Å²) in [5.74, 6) is 2.05. The van der Waals surface area contributed by atoms with Crippen molar-refractivity contribution in [2.75, 3.05) is 18.1 Å². The van der Waals surface area contributed by atoms with E-state index in [1.54, 1.807) is 11.3 Å². The second kappa shape index (κ2) is 6.05. The monoisotopic (exact) mass is 341 g/mol. The average Bonchev–Trinajstić information content (AvgIpc) is 3.11. The molecule has 3 rings (SSSR count). The molecular formula is C13H19N5O2S2. The van der Waals surface area contributed by atoms with E-state index in [9.17, 15) is 8.42 Å². The predicted molar refractivity (Wildman–Crippen MR) is 85.5 cm³/mol. The second-order valence-corrected chi connectivity index (χ2v) is 8.95. The van der Waals surface area contributed by atoms with Crippen LogP contribution in [0.3, 0.4) is 0 Å². The van der Waals surface area contributed by atoms with Crippen LogP contribution in [-0.2, 0) is 22.7 Å². The topological polar surface area (TPSA) is 115 Å². The number of aromatic nitrogens is 4. The fourth-order valence-corrected chi connectivity index (χ4v) is 5.56. The standard InChI is InChI=1S/C13H19N5O2S2/c1-8-12(21-11(15-8)2-4-14)13-16-10(17-18-13)6-9-3-5-22(19,20)7-9/h9H,2-7,14H2,1H3,(H,16,17,18). The highest BCUT2D eigenvalue weighted by Crippen LogP contribution is 2.28. The first-order chi connectivity index (χ1) is 10.5. The minimum atomic E-state index is -2.85. The van der Waals surface area contributed by atoms with Gasteiger partial charge in [-0.2, -0.15) is 5.10 Å². The molecule has 0 bridgehead atoms. The van der Waals surface area contributed by atoms with Crippen LogP contribution in [0.4, 0.5) is 0 Å². The first-order valence-corrected chi connectivity index (χ1v) is 9.89. The zero-order chi connectivity index (χ0) is 15.7. The number of nitrogens with two attached hydrogens (primary N) is 1. The number of hydrogen-bond acceptors (Lipinski definition) is 7. The van der Waals surface area contributed by atoms with E-state index in [1.807, 2.05) is 6.92 Å². The minimum absolute atomic E-state index is 0.140. The third-order valence-electron chi connectivity index (χ3n) is 3.74. The van der Waals surface area contributed by atoms with Gasteiger partial charge in [-0.1, -0.05) is 0 Å². The van der Waals surface area contributed by atoms with Crippen molar-refractivity contribution in [2.45, 2.75) is 26.2 Å². The number of nitrogens with zero attached hydrogens (tertiary/aromatic N) is 3. The molecule has 0 aliphatic carbocycles. The van der Waals surface area contributed by atoms with E-state index in [2.05, 4.69) is 20.2 Å². The van der Waals surface area contributed by atoms with Crippen LogP contribution in [0.5, 0.6) is 0 Å². The summed E-state index contributed by atoms with van der Waals surface area (Å²) in [6, 6.07) is 0. The van der Waals surface area contributed by atoms with E-state index in [1.165, 1.54) is 0 Å². The average molecular weight is 341 g/mol. The molecule has 2 aromatic rings. The van der Waals surface area contributed by atoms with Crippen molar-refractivity contribution in [3.63, 3.8) is 0 Å². The summed E-state index contributed by atoms with van der Waals surface area (Å²) in [4.78, 5) is 9.93. The van der Waals surface area contributed by atoms with E-state index >= 15 is 0 Å². The number of rotatable bonds is 5. The number of aryl methyl sites for hydroxylation is 1. The molecule has 1 aliphatic heterocycles. The Morgan fingerprint density at radius 3 is 2.91 bits per heavy atom. The maximum atomic E-state index is 11.5. The number of sulfone groups is 1. The molecule has 0 radical (unpaired) electrons. The molecule has 1 fully saturated rings. The highest BCUT2D eigenvalue weighted by Gasteiger charge is 2.28. The van der Waals surface area contributed by atoms with Crippen LogP contribution in [0.1, 0.15) is 22.9 Å². The van der Waals surface area contributed by atoms with Crippen molar-refractivity contribution in [2.24, 2.45) is 11.7 Å². The van der Waals surface area contributed by atoms with Crippen molar-refractivity contribution in [1.82, 2.24) is 20.2 Å². The van der Waals surface area contributed by atoms with Crippen LogP contribution >= 0.6 is 11.3 Å². The second-order valence-electron chi connectivity index (χ2n) is 5.64. The number of aromatic amines is 1. The normalized spacial score (nSPS) is 20.5. The van der Waals surface area contributed by atoms with E-state index in [0.717, 1.165) is 27.8 Å². The predicted octanol–water partition coefficient (Wildman–Crippen LogP) is 0.715. The molecule has 9 heteroatoms. The maximum absolute atomic E-state index is 11.5. The van der Waals surface area contributed by atoms with Gasteiger partial charge in [0.2, 0.25) is 0 Å². The number of hydrogen-bond donors (Lipinski definition) is 2. The lowest BCUT2D eigenvalue weighted by Gasteiger charge is -2.02. The highest BCUT2D eigenvalue weighted by molar-refractivity contribution is 7.91. The third-order valence-corrected chi connectivity index (χ3v) is 6.79. The molecule has 2 aromatic heterocycles. The highest BCUT2D eigenvalue weighted by atomic mass is 32.2. The zero-order valence-corrected chi connectivity index (χ0v) is 14.0. The first kappa shape index (κ1) is 15.6. The molecule has 1 unspecified atom stereocenters. The van der Waals surface area contributed by atoms with E-state index in [4.69, 9.17) is 5.73 Å². The number of thiazole rings is 1. The Kier molecular flexibility index (Phi) is 4.28. The van der Waals surface area contributed by atoms with Crippen LogP contribution in [0.15, 0.2) is 0 Å². The van der Waals surface area contributed by atoms with Gasteiger partial charge in [-0.05, 0) is 25.8 Å². The lowest BCUT2D eigenvalue weighted by Crippen LogP contribution is -2.08. The van der Waals surface area contributed by atoms with Crippen molar-refractivity contribution in [3.8, 4) is 10.7 Å². The molecule has 22 heavy (non-hydrogen) atoms. The molecule has 120 valence electrons. The molecule has 3 N–H and O–H groups in total. The Labute approximate surface area is 133 Å². The third kappa shape index (κ3) is 3.36. The largest absolute Gasteiger partial charge is 0.330 e.